The molecule has 0 atom stereocenters. The molecule has 0 spiro atoms. The maximum absolute atomic E-state index is 13.4. The minimum Gasteiger partial charge on any atom is -0.397 e. The van der Waals surface area contributed by atoms with Gasteiger partial charge in [-0.15, -0.1) is 0 Å². The molecule has 2 aromatic rings. The number of piperidine rings is 1. The number of nitrogen functional groups attached to an aromatic ring is 1. The van der Waals surface area contributed by atoms with Gasteiger partial charge in [0.05, 0.1) is 16.9 Å². The van der Waals surface area contributed by atoms with Gasteiger partial charge in [-0.05, 0) is 49.9 Å². The molecule has 1 amide bonds. The maximum atomic E-state index is 13.4. The van der Waals surface area contributed by atoms with Crippen molar-refractivity contribution < 1.29 is 9.18 Å². The van der Waals surface area contributed by atoms with Crippen LogP contribution in [-0.4, -0.2) is 28.9 Å². The summed E-state index contributed by atoms with van der Waals surface area (Å²) in [6, 6.07) is 6.42. The summed E-state index contributed by atoms with van der Waals surface area (Å²) in [5, 5.41) is 0.733. The number of amides is 1. The van der Waals surface area contributed by atoms with E-state index >= 15 is 0 Å². The number of hydrogen-bond donors (Lipinski definition) is 1. The smallest absolute Gasteiger partial charge is 0.225 e. The minimum atomic E-state index is -0.277. The van der Waals surface area contributed by atoms with E-state index in [0.29, 0.717) is 11.6 Å². The van der Waals surface area contributed by atoms with E-state index < -0.39 is 0 Å². The van der Waals surface area contributed by atoms with Gasteiger partial charge >= 0.3 is 0 Å². The van der Waals surface area contributed by atoms with Crippen molar-refractivity contribution in [2.45, 2.75) is 50.9 Å². The summed E-state index contributed by atoms with van der Waals surface area (Å²) in [4.78, 5) is 19.5. The van der Waals surface area contributed by atoms with Gasteiger partial charge in [0.15, 0.2) is 0 Å². The number of fused-ring (bicyclic) bond motifs is 1. The lowest BCUT2D eigenvalue weighted by atomic mass is 9.86. The summed E-state index contributed by atoms with van der Waals surface area (Å²) in [7, 11) is 0. The van der Waals surface area contributed by atoms with Crippen LogP contribution < -0.4 is 5.73 Å². The number of rotatable bonds is 2. The molecule has 0 radical (unpaired) electrons. The molecule has 0 bridgehead atoms. The van der Waals surface area contributed by atoms with Gasteiger partial charge in [0.1, 0.15) is 5.82 Å². The Hall–Kier alpha value is -2.17. The van der Waals surface area contributed by atoms with E-state index in [4.69, 9.17) is 10.7 Å². The van der Waals surface area contributed by atoms with Gasteiger partial charge in [-0.3, -0.25) is 9.78 Å². The number of benzene rings is 1. The third-order valence-electron chi connectivity index (χ3n) is 5.98. The van der Waals surface area contributed by atoms with Gasteiger partial charge in [0, 0.05) is 30.3 Å². The molecule has 1 aliphatic heterocycles. The molecule has 4 rings (SSSR count). The number of aromatic nitrogens is 1. The predicted molar refractivity (Wildman–Crippen MR) is 101 cm³/mol. The summed E-state index contributed by atoms with van der Waals surface area (Å²) in [5.74, 6) is 0.568. The highest BCUT2D eigenvalue weighted by molar-refractivity contribution is 5.82. The quantitative estimate of drug-likeness (QED) is 0.876. The van der Waals surface area contributed by atoms with Crippen molar-refractivity contribution in [3.63, 3.8) is 0 Å². The topological polar surface area (TPSA) is 59.2 Å². The van der Waals surface area contributed by atoms with E-state index in [0.717, 1.165) is 55.4 Å². The lowest BCUT2D eigenvalue weighted by Crippen LogP contribution is -2.42. The number of likely N-dealkylation sites (tertiary alicyclic amines) is 1. The van der Waals surface area contributed by atoms with Crippen LogP contribution in [0.4, 0.5) is 10.1 Å². The van der Waals surface area contributed by atoms with Crippen LogP contribution in [0.2, 0.25) is 0 Å². The fourth-order valence-corrected chi connectivity index (χ4v) is 4.49. The third kappa shape index (κ3) is 3.39. The molecular formula is C21H26FN3O. The van der Waals surface area contributed by atoms with Crippen molar-refractivity contribution in [3.05, 3.63) is 35.8 Å². The van der Waals surface area contributed by atoms with Gasteiger partial charge in [-0.2, -0.15) is 0 Å². The number of nitrogens with zero attached hydrogens (tertiary/aromatic N) is 2. The van der Waals surface area contributed by atoms with E-state index in [1.807, 2.05) is 11.0 Å². The third-order valence-corrected chi connectivity index (χ3v) is 5.98. The van der Waals surface area contributed by atoms with Gasteiger partial charge in [0.2, 0.25) is 5.91 Å². The van der Waals surface area contributed by atoms with E-state index in [1.54, 1.807) is 6.07 Å². The lowest BCUT2D eigenvalue weighted by molar-refractivity contribution is -0.137. The molecule has 1 saturated heterocycles. The van der Waals surface area contributed by atoms with Crippen LogP contribution in [0.5, 0.6) is 0 Å². The van der Waals surface area contributed by atoms with Gasteiger partial charge in [-0.25, -0.2) is 4.39 Å². The van der Waals surface area contributed by atoms with Crippen molar-refractivity contribution in [1.29, 1.82) is 0 Å². The minimum absolute atomic E-state index is 0.235. The number of halogens is 1. The van der Waals surface area contributed by atoms with Crippen LogP contribution in [-0.2, 0) is 4.79 Å². The van der Waals surface area contributed by atoms with E-state index in [-0.39, 0.29) is 17.7 Å². The second-order valence-corrected chi connectivity index (χ2v) is 7.73. The maximum Gasteiger partial charge on any atom is 0.225 e. The SMILES string of the molecule is Nc1cc2cc(F)ccc2nc1C1CCN(C(=O)C2CCCCC2)CC1. The molecule has 1 aromatic carbocycles. The first kappa shape index (κ1) is 17.3. The Labute approximate surface area is 153 Å². The number of carbonyl (C=O) groups is 1. The zero-order valence-corrected chi connectivity index (χ0v) is 15.1. The molecular weight excluding hydrogens is 329 g/mol. The van der Waals surface area contributed by atoms with Gasteiger partial charge < -0.3 is 10.6 Å². The summed E-state index contributed by atoms with van der Waals surface area (Å²) in [6.45, 7) is 1.56. The molecule has 1 aliphatic carbocycles. The highest BCUT2D eigenvalue weighted by Crippen LogP contribution is 2.34. The van der Waals surface area contributed by atoms with E-state index in [2.05, 4.69) is 0 Å². The number of pyridine rings is 1. The lowest BCUT2D eigenvalue weighted by Gasteiger charge is -2.35. The monoisotopic (exact) mass is 355 g/mol. The molecule has 0 unspecified atom stereocenters. The summed E-state index contributed by atoms with van der Waals surface area (Å²) < 4.78 is 13.4. The zero-order valence-electron chi connectivity index (χ0n) is 15.1. The fraction of sp³-hybridized carbons (Fsp3) is 0.524. The van der Waals surface area contributed by atoms with E-state index in [9.17, 15) is 9.18 Å². The number of anilines is 1. The Morgan fingerprint density at radius 1 is 1.08 bits per heavy atom. The van der Waals surface area contributed by atoms with Gasteiger partial charge in [0.25, 0.3) is 0 Å². The van der Waals surface area contributed by atoms with Crippen LogP contribution in [0.25, 0.3) is 10.9 Å². The Kier molecular flexibility index (Phi) is 4.79. The summed E-state index contributed by atoms with van der Waals surface area (Å²) >= 11 is 0. The molecule has 2 N–H and O–H groups in total. The number of nitrogens with two attached hydrogens (primary N) is 1. The molecule has 138 valence electrons. The molecule has 4 nitrogen and oxygen atoms in total. The van der Waals surface area contributed by atoms with Crippen LogP contribution in [0.3, 0.4) is 0 Å². The fourth-order valence-electron chi connectivity index (χ4n) is 4.49. The second kappa shape index (κ2) is 7.22. The first-order valence-corrected chi connectivity index (χ1v) is 9.76. The first-order valence-electron chi connectivity index (χ1n) is 9.76. The second-order valence-electron chi connectivity index (χ2n) is 7.73. The van der Waals surface area contributed by atoms with Crippen LogP contribution in [0, 0.1) is 11.7 Å². The van der Waals surface area contributed by atoms with Crippen LogP contribution in [0.15, 0.2) is 24.3 Å². The predicted octanol–water partition coefficient (Wildman–Crippen LogP) is 4.24. The highest BCUT2D eigenvalue weighted by Gasteiger charge is 2.30. The molecule has 2 fully saturated rings. The first-order chi connectivity index (χ1) is 12.6. The van der Waals surface area contributed by atoms with Crippen molar-refractivity contribution >= 4 is 22.5 Å². The normalized spacial score (nSPS) is 19.8. The van der Waals surface area contributed by atoms with Crippen LogP contribution in [0.1, 0.15) is 56.6 Å². The number of carbonyl (C=O) groups excluding carboxylic acids is 1. The number of hydrogen-bond acceptors (Lipinski definition) is 3. The Morgan fingerprint density at radius 2 is 1.81 bits per heavy atom. The Bertz CT molecular complexity index is 808. The van der Waals surface area contributed by atoms with Gasteiger partial charge in [-0.1, -0.05) is 19.3 Å². The molecule has 2 aliphatic rings. The molecule has 1 saturated carbocycles. The standard InChI is InChI=1S/C21H26FN3O/c22-17-6-7-19-16(12-17)13-18(23)20(24-19)14-8-10-25(11-9-14)21(26)15-4-2-1-3-5-15/h6-7,12-15H,1-5,8-11,23H2. The summed E-state index contributed by atoms with van der Waals surface area (Å²) in [6.07, 6.45) is 7.52. The molecule has 5 heteroatoms. The van der Waals surface area contributed by atoms with Crippen molar-refractivity contribution in [1.82, 2.24) is 9.88 Å². The average molecular weight is 355 g/mol. The Morgan fingerprint density at radius 3 is 2.54 bits per heavy atom. The molecule has 26 heavy (non-hydrogen) atoms. The molecule has 1 aromatic heterocycles. The van der Waals surface area contributed by atoms with E-state index in [1.165, 1.54) is 31.4 Å². The summed E-state index contributed by atoms with van der Waals surface area (Å²) in [5.41, 5.74) is 8.51. The molecule has 2 heterocycles. The average Bonchev–Trinajstić information content (AvgIpc) is 2.68. The largest absolute Gasteiger partial charge is 0.397 e. The Balaban J connectivity index is 1.46. The van der Waals surface area contributed by atoms with Crippen molar-refractivity contribution in [2.24, 2.45) is 5.92 Å². The zero-order chi connectivity index (χ0) is 18.1. The highest BCUT2D eigenvalue weighted by atomic mass is 19.1. The van der Waals surface area contributed by atoms with Crippen molar-refractivity contribution in [2.75, 3.05) is 18.8 Å². The van der Waals surface area contributed by atoms with Crippen molar-refractivity contribution in [3.8, 4) is 0 Å². The van der Waals surface area contributed by atoms with Crippen LogP contribution >= 0.6 is 0 Å².